The first-order valence-electron chi connectivity index (χ1n) is 15.0. The van der Waals surface area contributed by atoms with E-state index in [4.69, 9.17) is 11.5 Å². The van der Waals surface area contributed by atoms with Gasteiger partial charge >= 0.3 is 0 Å². The third-order valence-corrected chi connectivity index (χ3v) is 6.65. The maximum atomic E-state index is 13.0. The molecule has 0 radical (unpaired) electrons. The number of nitrogens with two attached hydrogens (primary N) is 2. The summed E-state index contributed by atoms with van der Waals surface area (Å²) in [5.74, 6) is -3.69. The van der Waals surface area contributed by atoms with E-state index >= 15 is 0 Å². The number of hydrogen-bond acceptors (Lipinski definition) is 7. The van der Waals surface area contributed by atoms with Gasteiger partial charge in [0.2, 0.25) is 29.5 Å². The van der Waals surface area contributed by atoms with Gasteiger partial charge in [0.25, 0.3) is 0 Å². The lowest BCUT2D eigenvalue weighted by molar-refractivity contribution is -0.134. The van der Waals surface area contributed by atoms with Crippen LogP contribution in [0.5, 0.6) is 0 Å². The molecule has 0 heterocycles. The standard InChI is InChI=1S/C29H53N5O7/c1-4-5-6-7-8-9-10-11-12-13-22(36)17-27(39)33-24(18-26(31)38)29(41)34-23(14-15-25(30)37)28(40)32-21(19-35)16-20(2)3/h19-24,36H,4-18H2,1-3H3,(H2,30,37)(H2,31,38)(H,32,40)(H,33,39)(H,34,41)/t21-,22+,23-,24-/m0/s1. The number of carbonyl (C=O) groups is 6. The molecule has 0 spiro atoms. The van der Waals surface area contributed by atoms with Crippen LogP contribution >= 0.6 is 0 Å². The van der Waals surface area contributed by atoms with Gasteiger partial charge < -0.3 is 37.3 Å². The molecule has 0 aliphatic heterocycles. The topological polar surface area (TPSA) is 211 Å². The normalized spacial score (nSPS) is 14.0. The first-order valence-corrected chi connectivity index (χ1v) is 15.0. The van der Waals surface area contributed by atoms with Crippen LogP contribution in [0, 0.1) is 5.92 Å². The zero-order valence-electron chi connectivity index (χ0n) is 25.1. The Hall–Kier alpha value is -3.02. The largest absolute Gasteiger partial charge is 0.393 e. The zero-order valence-corrected chi connectivity index (χ0v) is 25.1. The molecular formula is C29H53N5O7. The number of aliphatic hydroxyl groups is 1. The average molecular weight is 584 g/mol. The van der Waals surface area contributed by atoms with Crippen LogP contribution in [0.3, 0.4) is 0 Å². The van der Waals surface area contributed by atoms with E-state index in [1.807, 2.05) is 13.8 Å². The first-order chi connectivity index (χ1) is 19.4. The van der Waals surface area contributed by atoms with Crippen molar-refractivity contribution in [3.05, 3.63) is 0 Å². The van der Waals surface area contributed by atoms with Crippen molar-refractivity contribution in [1.82, 2.24) is 16.0 Å². The molecule has 5 amide bonds. The second-order valence-corrected chi connectivity index (χ2v) is 11.2. The number of unbranched alkanes of at least 4 members (excludes halogenated alkanes) is 8. The Morgan fingerprint density at radius 2 is 1.29 bits per heavy atom. The fraction of sp³-hybridized carbons (Fsp3) is 0.793. The van der Waals surface area contributed by atoms with Gasteiger partial charge in [0.05, 0.1) is 25.0 Å². The van der Waals surface area contributed by atoms with E-state index in [1.165, 1.54) is 32.1 Å². The van der Waals surface area contributed by atoms with Crippen molar-refractivity contribution in [3.8, 4) is 0 Å². The highest BCUT2D eigenvalue weighted by atomic mass is 16.3. The second-order valence-electron chi connectivity index (χ2n) is 11.2. The maximum Gasteiger partial charge on any atom is 0.243 e. The number of carbonyl (C=O) groups excluding carboxylic acids is 6. The molecule has 12 nitrogen and oxygen atoms in total. The Labute approximate surface area is 244 Å². The number of amides is 5. The maximum absolute atomic E-state index is 13.0. The van der Waals surface area contributed by atoms with E-state index in [1.54, 1.807) is 0 Å². The molecule has 0 aromatic heterocycles. The van der Waals surface area contributed by atoms with Crippen molar-refractivity contribution in [2.75, 3.05) is 0 Å². The molecule has 0 saturated heterocycles. The molecule has 0 bridgehead atoms. The van der Waals surface area contributed by atoms with E-state index in [9.17, 15) is 33.9 Å². The molecule has 4 atom stereocenters. The summed E-state index contributed by atoms with van der Waals surface area (Å²) in [6.07, 6.45) is 9.41. The monoisotopic (exact) mass is 583 g/mol. The Kier molecular flexibility index (Phi) is 21.0. The predicted octanol–water partition coefficient (Wildman–Crippen LogP) is 1.50. The van der Waals surface area contributed by atoms with Gasteiger partial charge in [0, 0.05) is 6.42 Å². The number of nitrogens with one attached hydrogen (secondary N) is 3. The predicted molar refractivity (Wildman–Crippen MR) is 156 cm³/mol. The fourth-order valence-electron chi connectivity index (χ4n) is 4.44. The molecule has 12 heteroatoms. The molecular weight excluding hydrogens is 530 g/mol. The first kappa shape index (κ1) is 38.0. The number of hydrogen-bond donors (Lipinski definition) is 6. The molecule has 8 N–H and O–H groups in total. The van der Waals surface area contributed by atoms with Crippen molar-refractivity contribution >= 4 is 35.8 Å². The summed E-state index contributed by atoms with van der Waals surface area (Å²) in [5, 5.41) is 17.7. The van der Waals surface area contributed by atoms with Crippen LogP contribution in [-0.2, 0) is 28.8 Å². The molecule has 0 aliphatic carbocycles. The SMILES string of the molecule is CCCCCCCCCCC[C@@H](O)CC(=O)N[C@@H](CC(N)=O)C(=O)N[C@@H](CCC(N)=O)C(=O)N[C@H](C=O)CC(C)C. The van der Waals surface area contributed by atoms with Crippen LogP contribution in [0.4, 0.5) is 0 Å². The van der Waals surface area contributed by atoms with Gasteiger partial charge in [-0.2, -0.15) is 0 Å². The number of aliphatic hydroxyl groups excluding tert-OH is 1. The summed E-state index contributed by atoms with van der Waals surface area (Å²) in [6.45, 7) is 5.93. The average Bonchev–Trinajstić information content (AvgIpc) is 2.88. The van der Waals surface area contributed by atoms with Crippen molar-refractivity contribution in [1.29, 1.82) is 0 Å². The number of aldehydes is 1. The van der Waals surface area contributed by atoms with Crippen molar-refractivity contribution < 1.29 is 33.9 Å². The van der Waals surface area contributed by atoms with Crippen LogP contribution < -0.4 is 27.4 Å². The quantitative estimate of drug-likeness (QED) is 0.0688. The molecule has 0 rings (SSSR count). The van der Waals surface area contributed by atoms with E-state index in [2.05, 4.69) is 22.9 Å². The lowest BCUT2D eigenvalue weighted by atomic mass is 10.0. The van der Waals surface area contributed by atoms with Gasteiger partial charge in [-0.05, 0) is 25.2 Å². The minimum Gasteiger partial charge on any atom is -0.393 e. The summed E-state index contributed by atoms with van der Waals surface area (Å²) in [7, 11) is 0. The second kappa shape index (κ2) is 22.6. The van der Waals surface area contributed by atoms with Crippen LogP contribution in [0.25, 0.3) is 0 Å². The highest BCUT2D eigenvalue weighted by Gasteiger charge is 2.29. The van der Waals surface area contributed by atoms with Gasteiger partial charge in [0.15, 0.2) is 0 Å². The van der Waals surface area contributed by atoms with Gasteiger partial charge in [-0.25, -0.2) is 0 Å². The fourth-order valence-corrected chi connectivity index (χ4v) is 4.44. The number of primary amides is 2. The van der Waals surface area contributed by atoms with Crippen LogP contribution in [0.15, 0.2) is 0 Å². The van der Waals surface area contributed by atoms with E-state index in [0.717, 1.165) is 25.7 Å². The molecule has 0 aromatic carbocycles. The number of rotatable bonds is 25. The Bertz CT molecular complexity index is 821. The van der Waals surface area contributed by atoms with Crippen molar-refractivity contribution in [2.45, 2.75) is 141 Å². The molecule has 0 unspecified atom stereocenters. The van der Waals surface area contributed by atoms with E-state index < -0.39 is 60.2 Å². The van der Waals surface area contributed by atoms with E-state index in [0.29, 0.717) is 19.1 Å². The molecule has 0 aromatic rings. The third kappa shape index (κ3) is 20.5. The third-order valence-electron chi connectivity index (χ3n) is 6.65. The Morgan fingerprint density at radius 3 is 1.80 bits per heavy atom. The smallest absolute Gasteiger partial charge is 0.243 e. The summed E-state index contributed by atoms with van der Waals surface area (Å²) in [5.41, 5.74) is 10.5. The highest BCUT2D eigenvalue weighted by molar-refractivity contribution is 5.95. The lowest BCUT2D eigenvalue weighted by Crippen LogP contribution is -2.56. The van der Waals surface area contributed by atoms with Gasteiger partial charge in [-0.3, -0.25) is 24.0 Å². The highest BCUT2D eigenvalue weighted by Crippen LogP contribution is 2.13. The van der Waals surface area contributed by atoms with Crippen LogP contribution in [0.1, 0.15) is 117 Å². The minimum absolute atomic E-state index is 0.106. The van der Waals surface area contributed by atoms with Gasteiger partial charge in [0.1, 0.15) is 18.4 Å². The molecule has 0 fully saturated rings. The summed E-state index contributed by atoms with van der Waals surface area (Å²) in [6, 6.07) is -3.46. The molecule has 236 valence electrons. The summed E-state index contributed by atoms with van der Waals surface area (Å²) in [4.78, 5) is 72.7. The molecule has 0 saturated carbocycles. The van der Waals surface area contributed by atoms with Crippen LogP contribution in [0.2, 0.25) is 0 Å². The molecule has 0 aliphatic rings. The van der Waals surface area contributed by atoms with Gasteiger partial charge in [-0.15, -0.1) is 0 Å². The van der Waals surface area contributed by atoms with Crippen molar-refractivity contribution in [3.63, 3.8) is 0 Å². The zero-order chi connectivity index (χ0) is 31.2. The summed E-state index contributed by atoms with van der Waals surface area (Å²) < 4.78 is 0. The lowest BCUT2D eigenvalue weighted by Gasteiger charge is -2.24. The van der Waals surface area contributed by atoms with Gasteiger partial charge in [-0.1, -0.05) is 78.6 Å². The minimum atomic E-state index is -1.40. The Balaban J connectivity index is 4.98. The molecule has 41 heavy (non-hydrogen) atoms. The van der Waals surface area contributed by atoms with E-state index in [-0.39, 0.29) is 25.2 Å². The Morgan fingerprint density at radius 1 is 0.732 bits per heavy atom. The van der Waals surface area contributed by atoms with Crippen molar-refractivity contribution in [2.24, 2.45) is 17.4 Å². The summed E-state index contributed by atoms with van der Waals surface area (Å²) >= 11 is 0. The van der Waals surface area contributed by atoms with Crippen LogP contribution in [-0.4, -0.2) is 65.2 Å².